The van der Waals surface area contributed by atoms with Crippen molar-refractivity contribution in [1.29, 1.82) is 0 Å². The van der Waals surface area contributed by atoms with Crippen molar-refractivity contribution >= 4 is 5.97 Å². The predicted molar refractivity (Wildman–Crippen MR) is 49.8 cm³/mol. The number of aliphatic hydroxyl groups is 1. The van der Waals surface area contributed by atoms with E-state index in [9.17, 15) is 4.79 Å². The molecule has 1 N–H and O–H groups in total. The minimum atomic E-state index is -0.403. The minimum absolute atomic E-state index is 0.184. The van der Waals surface area contributed by atoms with E-state index in [0.29, 0.717) is 23.8 Å². The summed E-state index contributed by atoms with van der Waals surface area (Å²) in [5.74, 6) is 0.0604. The Hall–Kier alpha value is -1.36. The van der Waals surface area contributed by atoms with Gasteiger partial charge in [0.1, 0.15) is 18.1 Å². The fourth-order valence-electron chi connectivity index (χ4n) is 1.32. The molecular weight excluding hydrogens is 184 g/mol. The molecule has 0 atom stereocenters. The number of imidazole rings is 1. The number of hydrogen-bond donors (Lipinski definition) is 1. The highest BCUT2D eigenvalue weighted by Gasteiger charge is 2.18. The molecular formula is C9H14N2O3. The monoisotopic (exact) mass is 198 g/mol. The Morgan fingerprint density at radius 3 is 2.71 bits per heavy atom. The van der Waals surface area contributed by atoms with Crippen LogP contribution in [-0.2, 0) is 18.4 Å². The number of carbonyl (C=O) groups is 1. The highest BCUT2D eigenvalue weighted by molar-refractivity contribution is 5.88. The first-order valence-electron chi connectivity index (χ1n) is 4.42. The molecule has 0 aliphatic carbocycles. The highest BCUT2D eigenvalue weighted by Crippen LogP contribution is 2.10. The summed E-state index contributed by atoms with van der Waals surface area (Å²) in [6.45, 7) is 3.61. The molecule has 0 bridgehead atoms. The molecule has 1 aromatic rings. The third-order valence-corrected chi connectivity index (χ3v) is 1.97. The van der Waals surface area contributed by atoms with Crippen LogP contribution in [0.3, 0.4) is 0 Å². The Balaban J connectivity index is 3.07. The topological polar surface area (TPSA) is 64.3 Å². The third-order valence-electron chi connectivity index (χ3n) is 1.97. The van der Waals surface area contributed by atoms with Gasteiger partial charge in [-0.1, -0.05) is 0 Å². The van der Waals surface area contributed by atoms with Crippen LogP contribution in [0.1, 0.15) is 28.9 Å². The molecule has 0 aliphatic rings. The molecule has 0 spiro atoms. The fourth-order valence-corrected chi connectivity index (χ4v) is 1.32. The van der Waals surface area contributed by atoms with Crippen LogP contribution in [0.4, 0.5) is 0 Å². The first-order valence-corrected chi connectivity index (χ1v) is 4.42. The van der Waals surface area contributed by atoms with E-state index >= 15 is 0 Å². The summed E-state index contributed by atoms with van der Waals surface area (Å²) < 4.78 is 6.41. The van der Waals surface area contributed by atoms with Crippen LogP contribution >= 0.6 is 0 Å². The molecule has 0 unspecified atom stereocenters. The zero-order valence-corrected chi connectivity index (χ0v) is 8.57. The molecule has 5 heteroatoms. The van der Waals surface area contributed by atoms with Crippen molar-refractivity contribution in [3.63, 3.8) is 0 Å². The lowest BCUT2D eigenvalue weighted by Crippen LogP contribution is -2.12. The lowest BCUT2D eigenvalue weighted by molar-refractivity contribution is 0.0513. The number of aryl methyl sites for hydroxylation is 1. The smallest absolute Gasteiger partial charge is 0.356 e. The number of aliphatic hydroxyl groups excluding tert-OH is 1. The van der Waals surface area contributed by atoms with Gasteiger partial charge in [-0.05, 0) is 13.8 Å². The largest absolute Gasteiger partial charge is 0.461 e. The molecule has 0 amide bonds. The van der Waals surface area contributed by atoms with E-state index in [1.807, 2.05) is 0 Å². The van der Waals surface area contributed by atoms with Crippen LogP contribution in [0, 0.1) is 6.92 Å². The quantitative estimate of drug-likeness (QED) is 0.714. The number of ether oxygens (including phenoxy) is 1. The van der Waals surface area contributed by atoms with E-state index in [1.54, 1.807) is 25.5 Å². The van der Waals surface area contributed by atoms with E-state index < -0.39 is 5.97 Å². The van der Waals surface area contributed by atoms with Crippen molar-refractivity contribution in [3.05, 3.63) is 17.2 Å². The molecule has 0 saturated heterocycles. The molecule has 78 valence electrons. The average Bonchev–Trinajstić information content (AvgIpc) is 2.41. The Labute approximate surface area is 82.3 Å². The summed E-state index contributed by atoms with van der Waals surface area (Å²) in [7, 11) is 1.68. The lowest BCUT2D eigenvalue weighted by atomic mass is 10.3. The molecule has 0 radical (unpaired) electrons. The highest BCUT2D eigenvalue weighted by atomic mass is 16.5. The van der Waals surface area contributed by atoms with Gasteiger partial charge in [-0.15, -0.1) is 0 Å². The second-order valence-corrected chi connectivity index (χ2v) is 2.90. The van der Waals surface area contributed by atoms with Crippen LogP contribution in [0.25, 0.3) is 0 Å². The number of hydrogen-bond acceptors (Lipinski definition) is 4. The van der Waals surface area contributed by atoms with E-state index in [0.717, 1.165) is 0 Å². The Morgan fingerprint density at radius 1 is 1.64 bits per heavy atom. The number of carbonyl (C=O) groups excluding carboxylic acids is 1. The van der Waals surface area contributed by atoms with Gasteiger partial charge in [0.2, 0.25) is 0 Å². The first-order chi connectivity index (χ1) is 6.61. The van der Waals surface area contributed by atoms with Crippen LogP contribution in [0.15, 0.2) is 0 Å². The summed E-state index contributed by atoms with van der Waals surface area (Å²) in [4.78, 5) is 15.5. The Morgan fingerprint density at radius 2 is 2.29 bits per heavy atom. The van der Waals surface area contributed by atoms with E-state index in [-0.39, 0.29) is 6.61 Å². The van der Waals surface area contributed by atoms with Crippen molar-refractivity contribution < 1.29 is 14.6 Å². The van der Waals surface area contributed by atoms with Crippen molar-refractivity contribution in [2.45, 2.75) is 20.5 Å². The Kier molecular flexibility index (Phi) is 3.24. The molecule has 1 heterocycles. The molecule has 0 fully saturated rings. The third kappa shape index (κ3) is 1.77. The molecule has 1 rings (SSSR count). The second kappa shape index (κ2) is 4.23. The van der Waals surface area contributed by atoms with Gasteiger partial charge in [-0.25, -0.2) is 9.78 Å². The summed E-state index contributed by atoms with van der Waals surface area (Å²) in [6, 6.07) is 0. The van der Waals surface area contributed by atoms with Gasteiger partial charge in [-0.2, -0.15) is 0 Å². The van der Waals surface area contributed by atoms with Crippen LogP contribution < -0.4 is 0 Å². The fraction of sp³-hybridized carbons (Fsp3) is 0.556. The number of esters is 1. The second-order valence-electron chi connectivity index (χ2n) is 2.90. The van der Waals surface area contributed by atoms with Gasteiger partial charge in [0, 0.05) is 7.05 Å². The number of nitrogens with zero attached hydrogens (tertiary/aromatic N) is 2. The van der Waals surface area contributed by atoms with Gasteiger partial charge >= 0.3 is 5.97 Å². The summed E-state index contributed by atoms with van der Waals surface area (Å²) >= 11 is 0. The van der Waals surface area contributed by atoms with Crippen LogP contribution in [-0.4, -0.2) is 27.2 Å². The molecule has 14 heavy (non-hydrogen) atoms. The maximum absolute atomic E-state index is 11.5. The molecule has 5 nitrogen and oxygen atoms in total. The van der Waals surface area contributed by atoms with Crippen molar-refractivity contribution in [3.8, 4) is 0 Å². The van der Waals surface area contributed by atoms with Crippen LogP contribution in [0.2, 0.25) is 0 Å². The maximum atomic E-state index is 11.5. The lowest BCUT2D eigenvalue weighted by Gasteiger charge is -2.04. The van der Waals surface area contributed by atoms with E-state index in [1.165, 1.54) is 0 Å². The van der Waals surface area contributed by atoms with Gasteiger partial charge in [0.15, 0.2) is 0 Å². The normalized spacial score (nSPS) is 10.3. The van der Waals surface area contributed by atoms with Gasteiger partial charge in [0.05, 0.1) is 12.3 Å². The van der Waals surface area contributed by atoms with Crippen LogP contribution in [0.5, 0.6) is 0 Å². The zero-order valence-electron chi connectivity index (χ0n) is 8.57. The average molecular weight is 198 g/mol. The number of rotatable bonds is 3. The summed E-state index contributed by atoms with van der Waals surface area (Å²) in [6.07, 6.45) is 0. The minimum Gasteiger partial charge on any atom is -0.461 e. The van der Waals surface area contributed by atoms with Gasteiger partial charge in [-0.3, -0.25) is 0 Å². The van der Waals surface area contributed by atoms with E-state index in [2.05, 4.69) is 4.98 Å². The first kappa shape index (κ1) is 10.7. The summed E-state index contributed by atoms with van der Waals surface area (Å²) in [5, 5.41) is 8.93. The maximum Gasteiger partial charge on any atom is 0.356 e. The standard InChI is InChI=1S/C9H14N2O3/c1-4-14-9(13)8-6(2)10-7(5-12)11(8)3/h12H,4-5H2,1-3H3. The Bertz CT molecular complexity index is 344. The van der Waals surface area contributed by atoms with Gasteiger partial charge in [0.25, 0.3) is 0 Å². The SMILES string of the molecule is CCOC(=O)c1c(C)nc(CO)n1C. The van der Waals surface area contributed by atoms with E-state index in [4.69, 9.17) is 9.84 Å². The van der Waals surface area contributed by atoms with Crippen molar-refractivity contribution in [1.82, 2.24) is 9.55 Å². The molecule has 0 aromatic carbocycles. The molecule has 1 aromatic heterocycles. The van der Waals surface area contributed by atoms with Crippen molar-refractivity contribution in [2.75, 3.05) is 6.61 Å². The summed E-state index contributed by atoms with van der Waals surface area (Å²) in [5.41, 5.74) is 0.978. The molecule has 0 aliphatic heterocycles. The van der Waals surface area contributed by atoms with Gasteiger partial charge < -0.3 is 14.4 Å². The van der Waals surface area contributed by atoms with Crippen molar-refractivity contribution in [2.24, 2.45) is 7.05 Å². The molecule has 0 saturated carbocycles. The number of aromatic nitrogens is 2. The zero-order chi connectivity index (χ0) is 10.7. The predicted octanol–water partition coefficient (Wildman–Crippen LogP) is 0.398.